The van der Waals surface area contributed by atoms with Crippen molar-refractivity contribution in [3.8, 4) is 0 Å². The highest BCUT2D eigenvalue weighted by Gasteiger charge is 2.32. The molecule has 0 aliphatic heterocycles. The van der Waals surface area contributed by atoms with Crippen molar-refractivity contribution < 1.29 is 9.50 Å². The predicted octanol–water partition coefficient (Wildman–Crippen LogP) is 3.57. The fourth-order valence-corrected chi connectivity index (χ4v) is 2.33. The van der Waals surface area contributed by atoms with Crippen molar-refractivity contribution >= 4 is 11.6 Å². The lowest BCUT2D eigenvalue weighted by atomic mass is 9.91. The zero-order valence-electron chi connectivity index (χ0n) is 9.34. The summed E-state index contributed by atoms with van der Waals surface area (Å²) in [5, 5.41) is 10.6. The Morgan fingerprint density at radius 1 is 1.50 bits per heavy atom. The molecule has 0 radical (unpaired) electrons. The van der Waals surface area contributed by atoms with Gasteiger partial charge in [0, 0.05) is 11.4 Å². The Kier molecular flexibility index (Phi) is 3.22. The molecule has 1 aromatic carbocycles. The highest BCUT2D eigenvalue weighted by Crippen LogP contribution is 2.38. The van der Waals surface area contributed by atoms with Crippen LogP contribution in [-0.2, 0) is 6.42 Å². The minimum atomic E-state index is -0.733. The van der Waals surface area contributed by atoms with Gasteiger partial charge in [0.15, 0.2) is 0 Å². The predicted molar refractivity (Wildman–Crippen MR) is 63.1 cm³/mol. The first-order chi connectivity index (χ1) is 7.46. The van der Waals surface area contributed by atoms with E-state index in [9.17, 15) is 9.50 Å². The fourth-order valence-electron chi connectivity index (χ4n) is 2.09. The summed E-state index contributed by atoms with van der Waals surface area (Å²) < 4.78 is 12.9. The van der Waals surface area contributed by atoms with Crippen LogP contribution in [0.15, 0.2) is 18.2 Å². The Balaban J connectivity index is 2.06. The third kappa shape index (κ3) is 3.19. The van der Waals surface area contributed by atoms with E-state index in [2.05, 4.69) is 0 Å². The van der Waals surface area contributed by atoms with E-state index in [0.29, 0.717) is 17.4 Å². The van der Waals surface area contributed by atoms with E-state index < -0.39 is 5.60 Å². The number of benzene rings is 1. The van der Waals surface area contributed by atoms with Crippen molar-refractivity contribution in [1.82, 2.24) is 0 Å². The van der Waals surface area contributed by atoms with Crippen LogP contribution in [0.2, 0.25) is 5.02 Å². The standard InChI is InChI=1S/C13H16ClFO/c1-13(16,7-9-2-3-9)8-10-4-5-11(15)6-12(10)14/h4-6,9,16H,2-3,7-8H2,1H3. The van der Waals surface area contributed by atoms with Gasteiger partial charge in [-0.1, -0.05) is 30.5 Å². The fraction of sp³-hybridized carbons (Fsp3) is 0.538. The minimum absolute atomic E-state index is 0.337. The molecule has 1 atom stereocenters. The van der Waals surface area contributed by atoms with Gasteiger partial charge in [-0.05, 0) is 37.0 Å². The maximum absolute atomic E-state index is 12.9. The third-order valence-electron chi connectivity index (χ3n) is 3.01. The molecule has 0 spiro atoms. The molecule has 1 fully saturated rings. The van der Waals surface area contributed by atoms with Crippen LogP contribution in [0.5, 0.6) is 0 Å². The van der Waals surface area contributed by atoms with E-state index in [1.165, 1.54) is 25.0 Å². The largest absolute Gasteiger partial charge is 0.390 e. The molecular formula is C13H16ClFO. The summed E-state index contributed by atoms with van der Waals surface area (Å²) in [6.45, 7) is 1.82. The van der Waals surface area contributed by atoms with Crippen molar-refractivity contribution in [3.05, 3.63) is 34.6 Å². The highest BCUT2D eigenvalue weighted by molar-refractivity contribution is 6.31. The van der Waals surface area contributed by atoms with E-state index in [0.717, 1.165) is 12.0 Å². The van der Waals surface area contributed by atoms with Crippen LogP contribution in [0.25, 0.3) is 0 Å². The molecule has 0 saturated heterocycles. The van der Waals surface area contributed by atoms with E-state index in [1.807, 2.05) is 6.92 Å². The van der Waals surface area contributed by atoms with Gasteiger partial charge in [0.25, 0.3) is 0 Å². The summed E-state index contributed by atoms with van der Waals surface area (Å²) >= 11 is 5.94. The van der Waals surface area contributed by atoms with Gasteiger partial charge in [-0.25, -0.2) is 4.39 Å². The molecule has 1 aliphatic carbocycles. The Labute approximate surface area is 100 Å². The molecule has 1 unspecified atom stereocenters. The Hall–Kier alpha value is -0.600. The van der Waals surface area contributed by atoms with Crippen molar-refractivity contribution in [2.45, 2.75) is 38.2 Å². The molecule has 88 valence electrons. The summed E-state index contributed by atoms with van der Waals surface area (Å²) in [6.07, 6.45) is 3.73. The molecule has 0 heterocycles. The number of halogens is 2. The first kappa shape index (κ1) is 11.9. The number of hydrogen-bond acceptors (Lipinski definition) is 1. The Morgan fingerprint density at radius 2 is 2.19 bits per heavy atom. The maximum atomic E-state index is 12.9. The lowest BCUT2D eigenvalue weighted by Crippen LogP contribution is -2.28. The van der Waals surface area contributed by atoms with Crippen molar-refractivity contribution in [3.63, 3.8) is 0 Å². The summed E-state index contributed by atoms with van der Waals surface area (Å²) in [5.74, 6) is 0.324. The lowest BCUT2D eigenvalue weighted by molar-refractivity contribution is 0.0455. The zero-order chi connectivity index (χ0) is 11.8. The molecule has 1 aromatic rings. The molecule has 1 nitrogen and oxygen atoms in total. The number of hydrogen-bond donors (Lipinski definition) is 1. The summed E-state index contributed by atoms with van der Waals surface area (Å²) in [5.41, 5.74) is 0.0801. The normalized spacial score (nSPS) is 19.5. The van der Waals surface area contributed by atoms with Crippen LogP contribution in [0.4, 0.5) is 4.39 Å². The van der Waals surface area contributed by atoms with Gasteiger partial charge in [0.1, 0.15) is 5.82 Å². The topological polar surface area (TPSA) is 20.2 Å². The number of rotatable bonds is 4. The molecule has 0 amide bonds. The van der Waals surface area contributed by atoms with Gasteiger partial charge in [0.05, 0.1) is 5.60 Å². The first-order valence-corrected chi connectivity index (χ1v) is 6.00. The molecule has 0 aromatic heterocycles. The van der Waals surface area contributed by atoms with Crippen molar-refractivity contribution in [2.24, 2.45) is 5.92 Å². The van der Waals surface area contributed by atoms with Gasteiger partial charge in [-0.3, -0.25) is 0 Å². The zero-order valence-corrected chi connectivity index (χ0v) is 10.1. The molecule has 2 rings (SSSR count). The van der Waals surface area contributed by atoms with Gasteiger partial charge >= 0.3 is 0 Å². The molecule has 0 bridgehead atoms. The second kappa shape index (κ2) is 4.34. The van der Waals surface area contributed by atoms with Gasteiger partial charge in [-0.15, -0.1) is 0 Å². The number of aliphatic hydroxyl groups is 1. The SMILES string of the molecule is CC(O)(Cc1ccc(F)cc1Cl)CC1CC1. The van der Waals surface area contributed by atoms with Crippen molar-refractivity contribution in [1.29, 1.82) is 0 Å². The summed E-state index contributed by atoms with van der Waals surface area (Å²) in [7, 11) is 0. The molecule has 1 saturated carbocycles. The average Bonchev–Trinajstić information content (AvgIpc) is 2.93. The molecule has 1 N–H and O–H groups in total. The molecule has 3 heteroatoms. The van der Waals surface area contributed by atoms with Crippen LogP contribution in [0.3, 0.4) is 0 Å². The average molecular weight is 243 g/mol. The minimum Gasteiger partial charge on any atom is -0.390 e. The maximum Gasteiger partial charge on any atom is 0.124 e. The second-order valence-corrected chi connectivity index (χ2v) is 5.46. The quantitative estimate of drug-likeness (QED) is 0.856. The van der Waals surface area contributed by atoms with Gasteiger partial charge in [0.2, 0.25) is 0 Å². The third-order valence-corrected chi connectivity index (χ3v) is 3.36. The first-order valence-electron chi connectivity index (χ1n) is 5.63. The van der Waals surface area contributed by atoms with Crippen LogP contribution >= 0.6 is 11.6 Å². The Bertz CT molecular complexity index is 386. The lowest BCUT2D eigenvalue weighted by Gasteiger charge is -2.23. The summed E-state index contributed by atoms with van der Waals surface area (Å²) in [4.78, 5) is 0. The van der Waals surface area contributed by atoms with Gasteiger partial charge in [-0.2, -0.15) is 0 Å². The Morgan fingerprint density at radius 3 is 2.75 bits per heavy atom. The van der Waals surface area contributed by atoms with Crippen LogP contribution in [0, 0.1) is 11.7 Å². The monoisotopic (exact) mass is 242 g/mol. The van der Waals surface area contributed by atoms with E-state index in [-0.39, 0.29) is 5.82 Å². The molecular weight excluding hydrogens is 227 g/mol. The van der Waals surface area contributed by atoms with E-state index in [4.69, 9.17) is 11.6 Å². The van der Waals surface area contributed by atoms with Crippen LogP contribution in [-0.4, -0.2) is 10.7 Å². The van der Waals surface area contributed by atoms with Crippen LogP contribution in [0.1, 0.15) is 31.7 Å². The highest BCUT2D eigenvalue weighted by atomic mass is 35.5. The molecule has 16 heavy (non-hydrogen) atoms. The second-order valence-electron chi connectivity index (χ2n) is 5.06. The molecule has 1 aliphatic rings. The van der Waals surface area contributed by atoms with Crippen molar-refractivity contribution in [2.75, 3.05) is 0 Å². The van der Waals surface area contributed by atoms with Crippen LogP contribution < -0.4 is 0 Å². The smallest absolute Gasteiger partial charge is 0.124 e. The van der Waals surface area contributed by atoms with E-state index >= 15 is 0 Å². The van der Waals surface area contributed by atoms with Gasteiger partial charge < -0.3 is 5.11 Å². The summed E-state index contributed by atoms with van der Waals surface area (Å²) in [6, 6.07) is 4.33. The van der Waals surface area contributed by atoms with E-state index in [1.54, 1.807) is 6.07 Å².